The number of aromatic nitrogens is 1. The number of amides is 2. The van der Waals surface area contributed by atoms with Gasteiger partial charge in [-0.05, 0) is 18.6 Å². The third-order valence-corrected chi connectivity index (χ3v) is 4.40. The lowest BCUT2D eigenvalue weighted by molar-refractivity contribution is -0.181. The molecule has 3 heterocycles. The summed E-state index contributed by atoms with van der Waals surface area (Å²) < 4.78 is 11.4. The first-order chi connectivity index (χ1) is 11.6. The van der Waals surface area contributed by atoms with Crippen molar-refractivity contribution in [2.24, 2.45) is 0 Å². The Kier molecular flexibility index (Phi) is 5.11. The lowest BCUT2D eigenvalue weighted by Gasteiger charge is -2.37. The summed E-state index contributed by atoms with van der Waals surface area (Å²) in [6.07, 6.45) is 3.70. The van der Waals surface area contributed by atoms with Crippen LogP contribution in [0.3, 0.4) is 0 Å². The highest BCUT2D eigenvalue weighted by atomic mass is 16.7. The van der Waals surface area contributed by atoms with Crippen LogP contribution in [0.2, 0.25) is 0 Å². The molecule has 2 fully saturated rings. The predicted octanol–water partition coefficient (Wildman–Crippen LogP) is 1.20. The molecule has 3 rings (SSSR count). The highest BCUT2D eigenvalue weighted by Crippen LogP contribution is 2.31. The van der Waals surface area contributed by atoms with Gasteiger partial charge in [0.05, 0.1) is 13.2 Å². The molecule has 0 aromatic carbocycles. The third-order valence-electron chi connectivity index (χ3n) is 4.40. The Morgan fingerprint density at radius 2 is 2.00 bits per heavy atom. The Bertz CT molecular complexity index is 604. The molecule has 7 nitrogen and oxygen atoms in total. The van der Waals surface area contributed by atoms with Gasteiger partial charge >= 0.3 is 0 Å². The second-order valence-electron chi connectivity index (χ2n) is 6.09. The number of nitrogens with one attached hydrogen (secondary N) is 1. The normalized spacial score (nSPS) is 19.5. The van der Waals surface area contributed by atoms with Crippen molar-refractivity contribution in [1.29, 1.82) is 0 Å². The molecule has 0 saturated carbocycles. The van der Waals surface area contributed by atoms with Crippen LogP contribution in [0.5, 0.6) is 0 Å². The number of hydrogen-bond donors (Lipinski definition) is 1. The minimum atomic E-state index is -0.500. The molecule has 1 aromatic rings. The van der Waals surface area contributed by atoms with Crippen molar-refractivity contribution < 1.29 is 19.1 Å². The quantitative estimate of drug-likeness (QED) is 0.895. The third kappa shape index (κ3) is 3.57. The predicted molar refractivity (Wildman–Crippen MR) is 86.6 cm³/mol. The monoisotopic (exact) mass is 333 g/mol. The molecule has 0 aliphatic carbocycles. The second kappa shape index (κ2) is 7.27. The number of piperidine rings is 1. The smallest absolute Gasteiger partial charge is 0.269 e. The van der Waals surface area contributed by atoms with Crippen molar-refractivity contribution in [3.63, 3.8) is 0 Å². The summed E-state index contributed by atoms with van der Waals surface area (Å²) in [6, 6.07) is 3.20. The standard InChI is InChI=1S/C17H23N3O4/c1-2-6-19-15(21)14-12-13(3-7-18-14)16(22)20-8-4-17(5-9-20)23-10-11-24-17/h3,7,12H,2,4-6,8-11H2,1H3,(H,19,21). The number of nitrogens with zero attached hydrogens (tertiary/aromatic N) is 2. The van der Waals surface area contributed by atoms with Gasteiger partial charge in [-0.2, -0.15) is 0 Å². The van der Waals surface area contributed by atoms with Crippen molar-refractivity contribution in [2.75, 3.05) is 32.8 Å². The lowest BCUT2D eigenvalue weighted by Crippen LogP contribution is -2.47. The number of rotatable bonds is 4. The zero-order valence-corrected chi connectivity index (χ0v) is 13.9. The number of likely N-dealkylation sites (tertiary alicyclic amines) is 1. The van der Waals surface area contributed by atoms with E-state index in [0.717, 1.165) is 6.42 Å². The summed E-state index contributed by atoms with van der Waals surface area (Å²) in [6.45, 7) is 4.97. The molecule has 1 N–H and O–H groups in total. The fourth-order valence-corrected chi connectivity index (χ4v) is 3.04. The first-order valence-corrected chi connectivity index (χ1v) is 8.45. The topological polar surface area (TPSA) is 80.8 Å². The summed E-state index contributed by atoms with van der Waals surface area (Å²) in [4.78, 5) is 30.5. The van der Waals surface area contributed by atoms with Crippen LogP contribution in [0.1, 0.15) is 47.0 Å². The summed E-state index contributed by atoms with van der Waals surface area (Å²) >= 11 is 0. The summed E-state index contributed by atoms with van der Waals surface area (Å²) in [5, 5.41) is 2.77. The molecule has 1 aromatic heterocycles. The molecule has 2 aliphatic rings. The highest BCUT2D eigenvalue weighted by molar-refractivity contribution is 5.98. The van der Waals surface area contributed by atoms with Gasteiger partial charge in [0, 0.05) is 44.2 Å². The van der Waals surface area contributed by atoms with Crippen molar-refractivity contribution in [1.82, 2.24) is 15.2 Å². The van der Waals surface area contributed by atoms with Crippen LogP contribution in [0, 0.1) is 0 Å². The minimum Gasteiger partial charge on any atom is -0.351 e. The van der Waals surface area contributed by atoms with Crippen molar-refractivity contribution in [3.8, 4) is 0 Å². The van der Waals surface area contributed by atoms with Crippen LogP contribution in [-0.4, -0.2) is 60.3 Å². The molecule has 0 atom stereocenters. The molecule has 2 saturated heterocycles. The maximum Gasteiger partial charge on any atom is 0.269 e. The van der Waals surface area contributed by atoms with Gasteiger partial charge in [-0.15, -0.1) is 0 Å². The maximum atomic E-state index is 12.7. The van der Waals surface area contributed by atoms with Crippen LogP contribution in [-0.2, 0) is 9.47 Å². The molecular formula is C17H23N3O4. The average molecular weight is 333 g/mol. The largest absolute Gasteiger partial charge is 0.351 e. The van der Waals surface area contributed by atoms with E-state index in [0.29, 0.717) is 51.3 Å². The van der Waals surface area contributed by atoms with Gasteiger partial charge in [0.1, 0.15) is 5.69 Å². The maximum absolute atomic E-state index is 12.7. The first kappa shape index (κ1) is 16.9. The molecule has 2 amide bonds. The zero-order valence-electron chi connectivity index (χ0n) is 13.9. The minimum absolute atomic E-state index is 0.0882. The Labute approximate surface area is 141 Å². The number of ether oxygens (including phenoxy) is 2. The number of hydrogen-bond acceptors (Lipinski definition) is 5. The van der Waals surface area contributed by atoms with E-state index in [2.05, 4.69) is 10.3 Å². The van der Waals surface area contributed by atoms with Crippen molar-refractivity contribution in [2.45, 2.75) is 32.0 Å². The van der Waals surface area contributed by atoms with Gasteiger partial charge in [0.2, 0.25) is 0 Å². The Balaban J connectivity index is 1.64. The number of pyridine rings is 1. The molecule has 130 valence electrons. The Hall–Kier alpha value is -1.99. The second-order valence-corrected chi connectivity index (χ2v) is 6.09. The van der Waals surface area contributed by atoms with Gasteiger partial charge in [0.15, 0.2) is 5.79 Å². The van der Waals surface area contributed by atoms with E-state index in [1.165, 1.54) is 6.20 Å². The summed E-state index contributed by atoms with van der Waals surface area (Å²) in [5.41, 5.74) is 0.751. The summed E-state index contributed by atoms with van der Waals surface area (Å²) in [5.74, 6) is -0.841. The molecule has 0 radical (unpaired) electrons. The van der Waals surface area contributed by atoms with E-state index in [4.69, 9.17) is 9.47 Å². The van der Waals surface area contributed by atoms with Gasteiger partial charge in [0.25, 0.3) is 11.8 Å². The first-order valence-electron chi connectivity index (χ1n) is 8.45. The summed E-state index contributed by atoms with van der Waals surface area (Å²) in [7, 11) is 0. The van der Waals surface area contributed by atoms with Crippen molar-refractivity contribution in [3.05, 3.63) is 29.6 Å². The molecule has 1 spiro atoms. The van der Waals surface area contributed by atoms with Crippen LogP contribution >= 0.6 is 0 Å². The van der Waals surface area contributed by atoms with Gasteiger partial charge in [-0.1, -0.05) is 6.92 Å². The molecule has 7 heteroatoms. The van der Waals surface area contributed by atoms with Gasteiger partial charge in [-0.25, -0.2) is 0 Å². The average Bonchev–Trinajstić information content (AvgIpc) is 3.08. The van der Waals surface area contributed by atoms with Crippen LogP contribution in [0.4, 0.5) is 0 Å². The van der Waals surface area contributed by atoms with Gasteiger partial charge in [-0.3, -0.25) is 14.6 Å². The zero-order chi connectivity index (χ0) is 17.0. The molecule has 0 unspecified atom stereocenters. The van der Waals surface area contributed by atoms with E-state index in [9.17, 15) is 9.59 Å². The van der Waals surface area contributed by atoms with Gasteiger partial charge < -0.3 is 19.7 Å². The fraction of sp³-hybridized carbons (Fsp3) is 0.588. The SMILES string of the molecule is CCCNC(=O)c1cc(C(=O)N2CCC3(CC2)OCCO3)ccn1. The molecular weight excluding hydrogens is 310 g/mol. The van der Waals surface area contributed by atoms with E-state index < -0.39 is 5.79 Å². The van der Waals surface area contributed by atoms with E-state index in [1.54, 1.807) is 17.0 Å². The molecule has 24 heavy (non-hydrogen) atoms. The lowest BCUT2D eigenvalue weighted by atomic mass is 10.0. The van der Waals surface area contributed by atoms with Crippen LogP contribution in [0.25, 0.3) is 0 Å². The fourth-order valence-electron chi connectivity index (χ4n) is 3.04. The highest BCUT2D eigenvalue weighted by Gasteiger charge is 2.40. The Morgan fingerprint density at radius 3 is 2.67 bits per heavy atom. The van der Waals surface area contributed by atoms with E-state index in [-0.39, 0.29) is 17.5 Å². The van der Waals surface area contributed by atoms with Crippen molar-refractivity contribution >= 4 is 11.8 Å². The molecule has 2 aliphatic heterocycles. The number of carbonyl (C=O) groups is 2. The Morgan fingerprint density at radius 1 is 1.29 bits per heavy atom. The number of carbonyl (C=O) groups excluding carboxylic acids is 2. The van der Waals surface area contributed by atoms with E-state index in [1.807, 2.05) is 6.92 Å². The van der Waals surface area contributed by atoms with Crippen LogP contribution < -0.4 is 5.32 Å². The van der Waals surface area contributed by atoms with E-state index >= 15 is 0 Å². The molecule has 0 bridgehead atoms. The van der Waals surface area contributed by atoms with Crippen LogP contribution in [0.15, 0.2) is 18.3 Å².